The molecule has 0 amide bonds. The Labute approximate surface area is 206 Å². The quantitative estimate of drug-likeness (QED) is 0.354. The van der Waals surface area contributed by atoms with Gasteiger partial charge in [0.2, 0.25) is 0 Å². The fraction of sp³-hybridized carbons (Fsp3) is 0.481. The van der Waals surface area contributed by atoms with Crippen molar-refractivity contribution in [2.45, 2.75) is 79.6 Å². The Balaban J connectivity index is 1.80. The van der Waals surface area contributed by atoms with E-state index in [1.165, 1.54) is 5.56 Å². The molecule has 35 heavy (non-hydrogen) atoms. The third-order valence-electron chi connectivity index (χ3n) is 7.07. The fourth-order valence-corrected chi connectivity index (χ4v) is 4.56. The number of fused-ring (bicyclic) bond motifs is 1. The van der Waals surface area contributed by atoms with Gasteiger partial charge in [-0.15, -0.1) is 5.10 Å². The van der Waals surface area contributed by atoms with Crippen LogP contribution in [0, 0.1) is 19.8 Å². The van der Waals surface area contributed by atoms with Gasteiger partial charge in [-0.05, 0) is 97.3 Å². The molecule has 3 aromatic heterocycles. The lowest BCUT2D eigenvalue weighted by Crippen LogP contribution is -2.38. The molecule has 0 radical (unpaired) electrons. The average Bonchev–Trinajstić information content (AvgIpc) is 3.48. The first-order valence-electron chi connectivity index (χ1n) is 12.3. The van der Waals surface area contributed by atoms with Crippen molar-refractivity contribution in [3.63, 3.8) is 0 Å². The van der Waals surface area contributed by atoms with E-state index in [0.717, 1.165) is 34.5 Å². The SMILES string of the molecule is CCC(C)(C)n1nnnc1[C@H](C(C)C)N(Cc1ccco1)Cc1cc2cc(C)c(C)cc2[nH]c1=O. The minimum Gasteiger partial charge on any atom is -0.468 e. The summed E-state index contributed by atoms with van der Waals surface area (Å²) in [5.41, 5.74) is 3.59. The van der Waals surface area contributed by atoms with Crippen molar-refractivity contribution in [3.05, 3.63) is 75.2 Å². The second kappa shape index (κ2) is 9.77. The summed E-state index contributed by atoms with van der Waals surface area (Å²) in [6, 6.07) is 9.89. The van der Waals surface area contributed by atoms with Crippen LogP contribution in [0.25, 0.3) is 10.9 Å². The number of aromatic amines is 1. The van der Waals surface area contributed by atoms with E-state index in [9.17, 15) is 4.79 Å². The van der Waals surface area contributed by atoms with Gasteiger partial charge in [0.1, 0.15) is 5.76 Å². The highest BCUT2D eigenvalue weighted by Gasteiger charge is 2.34. The maximum atomic E-state index is 13.2. The minimum atomic E-state index is -0.238. The van der Waals surface area contributed by atoms with Crippen LogP contribution >= 0.6 is 0 Å². The number of pyridine rings is 1. The number of nitrogens with one attached hydrogen (secondary N) is 1. The van der Waals surface area contributed by atoms with Gasteiger partial charge in [-0.25, -0.2) is 4.68 Å². The Morgan fingerprint density at radius 1 is 1.14 bits per heavy atom. The predicted octanol–water partition coefficient (Wildman–Crippen LogP) is 5.27. The molecular formula is C27H36N6O2. The molecule has 8 nitrogen and oxygen atoms in total. The number of furan rings is 1. The van der Waals surface area contributed by atoms with Gasteiger partial charge in [0, 0.05) is 17.6 Å². The maximum Gasteiger partial charge on any atom is 0.252 e. The summed E-state index contributed by atoms with van der Waals surface area (Å²) in [6.45, 7) is 15.8. The molecule has 1 N–H and O–H groups in total. The van der Waals surface area contributed by atoms with Crippen LogP contribution in [-0.4, -0.2) is 30.1 Å². The number of rotatable bonds is 9. The molecule has 0 bridgehead atoms. The molecule has 186 valence electrons. The van der Waals surface area contributed by atoms with Crippen LogP contribution in [0.15, 0.2) is 45.8 Å². The molecule has 0 saturated carbocycles. The van der Waals surface area contributed by atoms with Crippen LogP contribution < -0.4 is 5.56 Å². The van der Waals surface area contributed by atoms with E-state index in [-0.39, 0.29) is 23.1 Å². The molecule has 8 heteroatoms. The van der Waals surface area contributed by atoms with Crippen LogP contribution in [0.5, 0.6) is 0 Å². The van der Waals surface area contributed by atoms with Crippen LogP contribution in [-0.2, 0) is 18.6 Å². The van der Waals surface area contributed by atoms with Crippen molar-refractivity contribution in [2.24, 2.45) is 5.92 Å². The van der Waals surface area contributed by atoms with Gasteiger partial charge in [0.25, 0.3) is 5.56 Å². The number of aromatic nitrogens is 5. The zero-order valence-electron chi connectivity index (χ0n) is 21.8. The molecule has 0 unspecified atom stereocenters. The highest BCUT2D eigenvalue weighted by molar-refractivity contribution is 5.80. The number of hydrogen-bond acceptors (Lipinski definition) is 6. The lowest BCUT2D eigenvalue weighted by atomic mass is 9.97. The summed E-state index contributed by atoms with van der Waals surface area (Å²) < 4.78 is 7.65. The largest absolute Gasteiger partial charge is 0.468 e. The number of aryl methyl sites for hydroxylation is 2. The van der Waals surface area contributed by atoms with Gasteiger partial charge in [0.15, 0.2) is 5.82 Å². The first kappa shape index (κ1) is 24.9. The molecule has 0 saturated heterocycles. The van der Waals surface area contributed by atoms with Crippen molar-refractivity contribution in [1.29, 1.82) is 0 Å². The van der Waals surface area contributed by atoms with Gasteiger partial charge in [-0.1, -0.05) is 20.8 Å². The second-order valence-electron chi connectivity index (χ2n) is 10.4. The second-order valence-corrected chi connectivity index (χ2v) is 10.4. The summed E-state index contributed by atoms with van der Waals surface area (Å²) in [7, 11) is 0. The molecule has 1 atom stereocenters. The molecule has 0 aliphatic carbocycles. The van der Waals surface area contributed by atoms with Crippen molar-refractivity contribution >= 4 is 10.9 Å². The van der Waals surface area contributed by atoms with Crippen LogP contribution in [0.2, 0.25) is 0 Å². The third kappa shape index (κ3) is 5.07. The van der Waals surface area contributed by atoms with Crippen LogP contribution in [0.4, 0.5) is 0 Å². The molecule has 4 aromatic rings. The molecule has 3 heterocycles. The van der Waals surface area contributed by atoms with Crippen molar-refractivity contribution < 1.29 is 4.42 Å². The predicted molar refractivity (Wildman–Crippen MR) is 137 cm³/mol. The summed E-state index contributed by atoms with van der Waals surface area (Å²) in [5.74, 6) is 1.81. The minimum absolute atomic E-state index is 0.0822. The summed E-state index contributed by atoms with van der Waals surface area (Å²) in [4.78, 5) is 18.5. The normalized spacial score (nSPS) is 13.3. The summed E-state index contributed by atoms with van der Waals surface area (Å²) in [5, 5.41) is 13.9. The monoisotopic (exact) mass is 476 g/mol. The molecular weight excluding hydrogens is 440 g/mol. The van der Waals surface area contributed by atoms with Gasteiger partial charge in [-0.2, -0.15) is 0 Å². The smallest absolute Gasteiger partial charge is 0.252 e. The van der Waals surface area contributed by atoms with E-state index in [2.05, 4.69) is 79.9 Å². The standard InChI is InChI=1S/C27H36N6O2/c1-8-27(6,7)33-25(29-30-31-33)24(17(2)3)32(16-22-10-9-11-35-22)15-21-14-20-12-18(4)19(5)13-23(20)28-26(21)34/h9-14,17,24H,8,15-16H2,1-7H3,(H,28,34)/t24-/m0/s1. The Hall–Kier alpha value is -3.26. The zero-order chi connectivity index (χ0) is 25.3. The van der Waals surface area contributed by atoms with Crippen molar-refractivity contribution in [1.82, 2.24) is 30.1 Å². The van der Waals surface area contributed by atoms with E-state index in [0.29, 0.717) is 18.7 Å². The Kier molecular flexibility index (Phi) is 6.94. The third-order valence-corrected chi connectivity index (χ3v) is 7.07. The molecule has 1 aromatic carbocycles. The van der Waals surface area contributed by atoms with Gasteiger partial charge in [-0.3, -0.25) is 9.69 Å². The zero-order valence-corrected chi connectivity index (χ0v) is 21.8. The highest BCUT2D eigenvalue weighted by Crippen LogP contribution is 2.33. The number of H-pyrrole nitrogens is 1. The van der Waals surface area contributed by atoms with E-state index < -0.39 is 0 Å². The van der Waals surface area contributed by atoms with E-state index in [4.69, 9.17) is 4.42 Å². The van der Waals surface area contributed by atoms with E-state index >= 15 is 0 Å². The number of nitrogens with zero attached hydrogens (tertiary/aromatic N) is 5. The van der Waals surface area contributed by atoms with E-state index in [1.807, 2.05) is 28.9 Å². The first-order valence-corrected chi connectivity index (χ1v) is 12.3. The Morgan fingerprint density at radius 2 is 1.89 bits per heavy atom. The van der Waals surface area contributed by atoms with Crippen molar-refractivity contribution in [3.8, 4) is 0 Å². The summed E-state index contributed by atoms with van der Waals surface area (Å²) >= 11 is 0. The molecule has 0 fully saturated rings. The number of benzene rings is 1. The Morgan fingerprint density at radius 3 is 2.54 bits per heavy atom. The highest BCUT2D eigenvalue weighted by atomic mass is 16.3. The van der Waals surface area contributed by atoms with Crippen LogP contribution in [0.3, 0.4) is 0 Å². The van der Waals surface area contributed by atoms with Gasteiger partial charge in [0.05, 0.1) is 24.4 Å². The van der Waals surface area contributed by atoms with Crippen LogP contribution in [0.1, 0.15) is 75.4 Å². The topological polar surface area (TPSA) is 92.8 Å². The average molecular weight is 477 g/mol. The van der Waals surface area contributed by atoms with E-state index in [1.54, 1.807) is 6.26 Å². The Bertz CT molecular complexity index is 1350. The number of hydrogen-bond donors (Lipinski definition) is 1. The maximum absolute atomic E-state index is 13.2. The molecule has 4 rings (SSSR count). The van der Waals surface area contributed by atoms with Gasteiger partial charge < -0.3 is 9.40 Å². The number of tetrazole rings is 1. The lowest BCUT2D eigenvalue weighted by Gasteiger charge is -2.35. The molecule has 0 aliphatic heterocycles. The fourth-order valence-electron chi connectivity index (χ4n) is 4.56. The lowest BCUT2D eigenvalue weighted by molar-refractivity contribution is 0.109. The van der Waals surface area contributed by atoms with Crippen molar-refractivity contribution in [2.75, 3.05) is 0 Å². The van der Waals surface area contributed by atoms with Gasteiger partial charge >= 0.3 is 0 Å². The summed E-state index contributed by atoms with van der Waals surface area (Å²) in [6.07, 6.45) is 2.56. The molecule has 0 aliphatic rings. The molecule has 0 spiro atoms. The first-order chi connectivity index (χ1) is 16.6.